The molecule has 0 radical (unpaired) electrons. The van der Waals surface area contributed by atoms with Crippen molar-refractivity contribution in [2.45, 2.75) is 25.2 Å². The van der Waals surface area contributed by atoms with Gasteiger partial charge in [0, 0.05) is 12.8 Å². The lowest BCUT2D eigenvalue weighted by atomic mass is 9.79. The summed E-state index contributed by atoms with van der Waals surface area (Å²) in [7, 11) is -3.42. The van der Waals surface area contributed by atoms with E-state index in [1.165, 1.54) is 0 Å². The third-order valence-electron chi connectivity index (χ3n) is 2.00. The lowest BCUT2D eigenvalue weighted by Crippen LogP contribution is -2.35. The molecule has 0 aromatic rings. The quantitative estimate of drug-likeness (QED) is 0.664. The Bertz CT molecular complexity index is 265. The molecule has 1 aliphatic rings. The molecule has 0 saturated heterocycles. The van der Waals surface area contributed by atoms with E-state index in [1.54, 1.807) is 0 Å². The van der Waals surface area contributed by atoms with Crippen LogP contribution in [0.3, 0.4) is 0 Å². The fourth-order valence-electron chi connectivity index (χ4n) is 1.36. The third kappa shape index (κ3) is 3.99. The van der Waals surface area contributed by atoms with E-state index >= 15 is 0 Å². The van der Waals surface area contributed by atoms with Crippen LogP contribution in [0.5, 0.6) is 0 Å². The molecular formula is C7H12F2O3S. The molecule has 0 aliphatic heterocycles. The van der Waals surface area contributed by atoms with E-state index in [0.717, 1.165) is 6.26 Å². The van der Waals surface area contributed by atoms with Crippen LogP contribution in [0.25, 0.3) is 0 Å². The van der Waals surface area contributed by atoms with Gasteiger partial charge < -0.3 is 0 Å². The molecule has 1 aliphatic carbocycles. The molecule has 0 amide bonds. The van der Waals surface area contributed by atoms with Gasteiger partial charge in [0.15, 0.2) is 0 Å². The summed E-state index contributed by atoms with van der Waals surface area (Å²) in [5.41, 5.74) is 0. The monoisotopic (exact) mass is 214 g/mol. The minimum absolute atomic E-state index is 0.0135. The minimum Gasteiger partial charge on any atom is -0.270 e. The van der Waals surface area contributed by atoms with Crippen molar-refractivity contribution < 1.29 is 21.4 Å². The van der Waals surface area contributed by atoms with Crippen LogP contribution in [0.4, 0.5) is 8.78 Å². The van der Waals surface area contributed by atoms with Gasteiger partial charge in [-0.15, -0.1) is 0 Å². The Kier molecular flexibility index (Phi) is 2.91. The molecule has 0 bridgehead atoms. The molecule has 1 fully saturated rings. The van der Waals surface area contributed by atoms with Crippen molar-refractivity contribution in [1.29, 1.82) is 0 Å². The smallest absolute Gasteiger partial charge is 0.264 e. The van der Waals surface area contributed by atoms with Crippen LogP contribution in [0.15, 0.2) is 0 Å². The number of hydrogen-bond acceptors (Lipinski definition) is 3. The van der Waals surface area contributed by atoms with Gasteiger partial charge in [0.2, 0.25) is 5.92 Å². The van der Waals surface area contributed by atoms with E-state index in [0.29, 0.717) is 6.42 Å². The molecule has 1 rings (SSSR count). The summed E-state index contributed by atoms with van der Waals surface area (Å²) < 4.78 is 50.0. The Morgan fingerprint density at radius 1 is 1.46 bits per heavy atom. The van der Waals surface area contributed by atoms with Gasteiger partial charge in [-0.2, -0.15) is 8.42 Å². The number of rotatable bonds is 4. The zero-order valence-electron chi connectivity index (χ0n) is 7.29. The number of halogens is 2. The van der Waals surface area contributed by atoms with E-state index in [2.05, 4.69) is 4.18 Å². The molecule has 1 saturated carbocycles. The van der Waals surface area contributed by atoms with Crippen LogP contribution in [0.2, 0.25) is 0 Å². The summed E-state index contributed by atoms with van der Waals surface area (Å²) in [6.07, 6.45) is 1.06. The maximum absolute atomic E-state index is 12.3. The SMILES string of the molecule is CS(=O)(=O)OCCC1CC(F)(F)C1. The van der Waals surface area contributed by atoms with Crippen LogP contribution < -0.4 is 0 Å². The maximum Gasteiger partial charge on any atom is 0.264 e. The van der Waals surface area contributed by atoms with E-state index in [4.69, 9.17) is 0 Å². The zero-order valence-corrected chi connectivity index (χ0v) is 8.11. The topological polar surface area (TPSA) is 43.4 Å². The average Bonchev–Trinajstić information content (AvgIpc) is 1.79. The van der Waals surface area contributed by atoms with Gasteiger partial charge in [0.1, 0.15) is 0 Å². The lowest BCUT2D eigenvalue weighted by Gasteiger charge is -2.34. The summed E-state index contributed by atoms with van der Waals surface area (Å²) in [5, 5.41) is 0. The molecule has 0 unspecified atom stereocenters. The Morgan fingerprint density at radius 2 is 2.00 bits per heavy atom. The maximum atomic E-state index is 12.3. The van der Waals surface area contributed by atoms with Crippen LogP contribution in [0, 0.1) is 5.92 Å². The van der Waals surface area contributed by atoms with Gasteiger partial charge in [0.25, 0.3) is 10.1 Å². The van der Waals surface area contributed by atoms with E-state index in [1.807, 2.05) is 0 Å². The summed E-state index contributed by atoms with van der Waals surface area (Å²) in [4.78, 5) is 0. The first kappa shape index (κ1) is 10.8. The van der Waals surface area contributed by atoms with Crippen molar-refractivity contribution in [1.82, 2.24) is 0 Å². The molecule has 3 nitrogen and oxygen atoms in total. The summed E-state index contributed by atoms with van der Waals surface area (Å²) >= 11 is 0. The van der Waals surface area contributed by atoms with Gasteiger partial charge in [-0.1, -0.05) is 0 Å². The Balaban J connectivity index is 2.10. The first-order valence-corrected chi connectivity index (χ1v) is 5.82. The Morgan fingerprint density at radius 3 is 2.38 bits per heavy atom. The fraction of sp³-hybridized carbons (Fsp3) is 1.00. The van der Waals surface area contributed by atoms with Gasteiger partial charge in [-0.3, -0.25) is 4.18 Å². The van der Waals surface area contributed by atoms with Gasteiger partial charge in [0.05, 0.1) is 12.9 Å². The van der Waals surface area contributed by atoms with Crippen molar-refractivity contribution in [3.63, 3.8) is 0 Å². The molecule has 78 valence electrons. The summed E-state index contributed by atoms with van der Waals surface area (Å²) in [6, 6.07) is 0. The molecule has 0 aromatic heterocycles. The molecule has 0 heterocycles. The number of hydrogen-bond donors (Lipinski definition) is 0. The van der Waals surface area contributed by atoms with Crippen molar-refractivity contribution >= 4 is 10.1 Å². The van der Waals surface area contributed by atoms with Crippen LogP contribution in [0.1, 0.15) is 19.3 Å². The van der Waals surface area contributed by atoms with Crippen LogP contribution in [-0.2, 0) is 14.3 Å². The lowest BCUT2D eigenvalue weighted by molar-refractivity contribution is -0.113. The van der Waals surface area contributed by atoms with Crippen LogP contribution >= 0.6 is 0 Å². The highest BCUT2D eigenvalue weighted by Crippen LogP contribution is 2.43. The predicted octanol–water partition coefficient (Wildman–Crippen LogP) is 1.40. The largest absolute Gasteiger partial charge is 0.270 e. The Hall–Kier alpha value is -0.230. The zero-order chi connectivity index (χ0) is 10.1. The second kappa shape index (κ2) is 3.49. The number of alkyl halides is 2. The van der Waals surface area contributed by atoms with Gasteiger partial charge in [-0.25, -0.2) is 8.78 Å². The fourth-order valence-corrected chi connectivity index (χ4v) is 1.75. The van der Waals surface area contributed by atoms with Crippen molar-refractivity contribution in [3.8, 4) is 0 Å². The summed E-state index contributed by atoms with van der Waals surface area (Å²) in [6.45, 7) is 0.0135. The molecule has 13 heavy (non-hydrogen) atoms. The van der Waals surface area contributed by atoms with Gasteiger partial charge in [-0.05, 0) is 12.3 Å². The first-order chi connectivity index (χ1) is 5.79. The standard InChI is InChI=1S/C7H12F2O3S/c1-13(10,11)12-3-2-6-4-7(8,9)5-6/h6H,2-5H2,1H3. The summed E-state index contributed by atoms with van der Waals surface area (Å²) in [5.74, 6) is -2.62. The van der Waals surface area contributed by atoms with Crippen molar-refractivity contribution in [2.75, 3.05) is 12.9 Å². The first-order valence-electron chi connectivity index (χ1n) is 4.01. The highest BCUT2D eigenvalue weighted by molar-refractivity contribution is 7.85. The highest BCUT2D eigenvalue weighted by Gasteiger charge is 2.44. The second-order valence-electron chi connectivity index (χ2n) is 3.44. The Labute approximate surface area is 76.2 Å². The molecular weight excluding hydrogens is 202 g/mol. The molecule has 0 atom stereocenters. The van der Waals surface area contributed by atoms with E-state index in [-0.39, 0.29) is 25.4 Å². The van der Waals surface area contributed by atoms with E-state index in [9.17, 15) is 17.2 Å². The molecule has 6 heteroatoms. The second-order valence-corrected chi connectivity index (χ2v) is 5.09. The average molecular weight is 214 g/mol. The van der Waals surface area contributed by atoms with E-state index < -0.39 is 16.0 Å². The minimum atomic E-state index is -3.42. The molecule has 0 N–H and O–H groups in total. The van der Waals surface area contributed by atoms with Gasteiger partial charge >= 0.3 is 0 Å². The molecule has 0 spiro atoms. The highest BCUT2D eigenvalue weighted by atomic mass is 32.2. The van der Waals surface area contributed by atoms with Crippen LogP contribution in [-0.4, -0.2) is 27.2 Å². The normalized spacial score (nSPS) is 22.7. The van der Waals surface area contributed by atoms with Crippen molar-refractivity contribution in [2.24, 2.45) is 5.92 Å². The van der Waals surface area contributed by atoms with Crippen molar-refractivity contribution in [3.05, 3.63) is 0 Å². The third-order valence-corrected chi connectivity index (χ3v) is 2.59. The molecule has 0 aromatic carbocycles. The predicted molar refractivity (Wildman–Crippen MR) is 43.1 cm³/mol.